The fourth-order valence-electron chi connectivity index (χ4n) is 1.93. The van der Waals surface area contributed by atoms with Crippen LogP contribution in [0.4, 0.5) is 4.39 Å². The molecule has 2 aromatic carbocycles. The molecule has 0 saturated carbocycles. The summed E-state index contributed by atoms with van der Waals surface area (Å²) in [5.74, 6) is 0.616. The van der Waals surface area contributed by atoms with Gasteiger partial charge in [-0.05, 0) is 42.8 Å². The molecular formula is C16H17ClFNO. The Balaban J connectivity index is 1.96. The Labute approximate surface area is 123 Å². The molecule has 2 aromatic rings. The average Bonchev–Trinajstić information content (AvgIpc) is 2.44. The van der Waals surface area contributed by atoms with E-state index in [2.05, 4.69) is 5.32 Å². The second-order valence-electron chi connectivity index (χ2n) is 4.42. The van der Waals surface area contributed by atoms with Crippen molar-refractivity contribution in [3.63, 3.8) is 0 Å². The van der Waals surface area contributed by atoms with Gasteiger partial charge in [0.15, 0.2) is 0 Å². The van der Waals surface area contributed by atoms with E-state index in [-0.39, 0.29) is 5.82 Å². The summed E-state index contributed by atoms with van der Waals surface area (Å²) in [6, 6.07) is 12.0. The van der Waals surface area contributed by atoms with E-state index in [0.717, 1.165) is 16.9 Å². The van der Waals surface area contributed by atoms with Gasteiger partial charge in [0, 0.05) is 23.7 Å². The lowest BCUT2D eigenvalue weighted by atomic mass is 10.2. The number of halogens is 2. The van der Waals surface area contributed by atoms with Crippen LogP contribution in [0.15, 0.2) is 42.5 Å². The molecule has 0 fully saturated rings. The van der Waals surface area contributed by atoms with Crippen LogP contribution in [0.2, 0.25) is 5.02 Å². The number of hydrogen-bond donors (Lipinski definition) is 1. The highest BCUT2D eigenvalue weighted by atomic mass is 35.5. The van der Waals surface area contributed by atoms with Crippen LogP contribution in [0.5, 0.6) is 5.75 Å². The second-order valence-corrected chi connectivity index (χ2v) is 4.85. The van der Waals surface area contributed by atoms with E-state index < -0.39 is 0 Å². The summed E-state index contributed by atoms with van der Waals surface area (Å²) >= 11 is 6.01. The Hall–Kier alpha value is -1.58. The molecule has 0 aliphatic carbocycles. The molecule has 2 nitrogen and oxygen atoms in total. The summed E-state index contributed by atoms with van der Waals surface area (Å²) in [4.78, 5) is 0. The number of benzene rings is 2. The number of hydrogen-bond acceptors (Lipinski definition) is 2. The van der Waals surface area contributed by atoms with Crippen molar-refractivity contribution in [3.8, 4) is 5.75 Å². The molecule has 0 aliphatic heterocycles. The van der Waals surface area contributed by atoms with E-state index >= 15 is 0 Å². The molecule has 1 N–H and O–H groups in total. The van der Waals surface area contributed by atoms with E-state index in [1.165, 1.54) is 12.1 Å². The van der Waals surface area contributed by atoms with Crippen molar-refractivity contribution in [2.75, 3.05) is 6.61 Å². The monoisotopic (exact) mass is 293 g/mol. The lowest BCUT2D eigenvalue weighted by molar-refractivity contribution is 0.335. The predicted molar refractivity (Wildman–Crippen MR) is 79.6 cm³/mol. The molecule has 0 amide bonds. The van der Waals surface area contributed by atoms with Gasteiger partial charge in [0.25, 0.3) is 0 Å². The topological polar surface area (TPSA) is 21.3 Å². The molecule has 0 atom stereocenters. The summed E-state index contributed by atoms with van der Waals surface area (Å²) in [7, 11) is 0. The van der Waals surface area contributed by atoms with Crippen LogP contribution in [0, 0.1) is 5.82 Å². The highest BCUT2D eigenvalue weighted by molar-refractivity contribution is 6.30. The van der Waals surface area contributed by atoms with Crippen molar-refractivity contribution >= 4 is 11.6 Å². The molecule has 106 valence electrons. The third-order valence-electron chi connectivity index (χ3n) is 2.88. The largest absolute Gasteiger partial charge is 0.494 e. The molecule has 0 bridgehead atoms. The normalized spacial score (nSPS) is 10.6. The molecule has 20 heavy (non-hydrogen) atoms. The van der Waals surface area contributed by atoms with Crippen molar-refractivity contribution in [1.82, 2.24) is 5.32 Å². The quantitative estimate of drug-likeness (QED) is 0.863. The van der Waals surface area contributed by atoms with Crippen LogP contribution < -0.4 is 10.1 Å². The van der Waals surface area contributed by atoms with E-state index in [9.17, 15) is 4.39 Å². The first-order valence-corrected chi connectivity index (χ1v) is 6.93. The summed E-state index contributed by atoms with van der Waals surface area (Å²) < 4.78 is 18.4. The lowest BCUT2D eigenvalue weighted by Gasteiger charge is -2.11. The molecule has 4 heteroatoms. The van der Waals surface area contributed by atoms with Gasteiger partial charge in [-0.15, -0.1) is 0 Å². The smallest absolute Gasteiger partial charge is 0.123 e. The van der Waals surface area contributed by atoms with E-state index in [0.29, 0.717) is 24.7 Å². The maximum Gasteiger partial charge on any atom is 0.123 e. The van der Waals surface area contributed by atoms with Crippen molar-refractivity contribution in [2.24, 2.45) is 0 Å². The minimum atomic E-state index is -0.220. The Bertz CT molecular complexity index is 557. The van der Waals surface area contributed by atoms with Gasteiger partial charge in [0.2, 0.25) is 0 Å². The zero-order chi connectivity index (χ0) is 14.4. The molecule has 0 spiro atoms. The van der Waals surface area contributed by atoms with Gasteiger partial charge in [-0.1, -0.05) is 23.7 Å². The zero-order valence-electron chi connectivity index (χ0n) is 11.3. The van der Waals surface area contributed by atoms with Crippen molar-refractivity contribution in [2.45, 2.75) is 20.0 Å². The van der Waals surface area contributed by atoms with Gasteiger partial charge in [0.1, 0.15) is 11.6 Å². The van der Waals surface area contributed by atoms with E-state index in [1.807, 2.05) is 25.1 Å². The van der Waals surface area contributed by atoms with Crippen LogP contribution in [-0.4, -0.2) is 6.61 Å². The first-order valence-electron chi connectivity index (χ1n) is 6.55. The van der Waals surface area contributed by atoms with Gasteiger partial charge in [-0.2, -0.15) is 0 Å². The minimum Gasteiger partial charge on any atom is -0.494 e. The van der Waals surface area contributed by atoms with Crippen LogP contribution in [-0.2, 0) is 13.1 Å². The lowest BCUT2D eigenvalue weighted by Crippen LogP contribution is -2.13. The molecule has 0 saturated heterocycles. The van der Waals surface area contributed by atoms with E-state index in [4.69, 9.17) is 16.3 Å². The molecule has 2 rings (SSSR count). The Morgan fingerprint density at radius 2 is 1.85 bits per heavy atom. The average molecular weight is 294 g/mol. The molecule has 0 heterocycles. The first kappa shape index (κ1) is 14.8. The SMILES string of the molecule is CCOc1ccc(Cl)cc1CNCc1ccc(F)cc1. The maximum absolute atomic E-state index is 12.8. The van der Waals surface area contributed by atoms with Crippen LogP contribution in [0.3, 0.4) is 0 Å². The first-order chi connectivity index (χ1) is 9.69. The third kappa shape index (κ3) is 4.22. The predicted octanol–water partition coefficient (Wildman–Crippen LogP) is 4.17. The fourth-order valence-corrected chi connectivity index (χ4v) is 2.12. The van der Waals surface area contributed by atoms with E-state index in [1.54, 1.807) is 12.1 Å². The molecule has 0 aliphatic rings. The standard InChI is InChI=1S/C16H17ClFNO/c1-2-20-16-8-5-14(17)9-13(16)11-19-10-12-3-6-15(18)7-4-12/h3-9,19H,2,10-11H2,1H3. The summed E-state index contributed by atoms with van der Waals surface area (Å²) in [6.07, 6.45) is 0. The molecular weight excluding hydrogens is 277 g/mol. The molecule has 0 aromatic heterocycles. The number of ether oxygens (including phenoxy) is 1. The number of nitrogens with one attached hydrogen (secondary N) is 1. The van der Waals surface area contributed by atoms with Gasteiger partial charge >= 0.3 is 0 Å². The van der Waals surface area contributed by atoms with Crippen LogP contribution in [0.25, 0.3) is 0 Å². The Morgan fingerprint density at radius 3 is 2.55 bits per heavy atom. The highest BCUT2D eigenvalue weighted by Crippen LogP contribution is 2.23. The molecule has 0 unspecified atom stereocenters. The van der Waals surface area contributed by atoms with Crippen LogP contribution in [0.1, 0.15) is 18.1 Å². The van der Waals surface area contributed by atoms with Crippen molar-refractivity contribution < 1.29 is 9.13 Å². The second kappa shape index (κ2) is 7.27. The fraction of sp³-hybridized carbons (Fsp3) is 0.250. The zero-order valence-corrected chi connectivity index (χ0v) is 12.1. The summed E-state index contributed by atoms with van der Waals surface area (Å²) in [6.45, 7) is 3.88. The van der Waals surface area contributed by atoms with Gasteiger partial charge < -0.3 is 10.1 Å². The minimum absolute atomic E-state index is 0.220. The maximum atomic E-state index is 12.8. The highest BCUT2D eigenvalue weighted by Gasteiger charge is 2.04. The number of rotatable bonds is 6. The van der Waals surface area contributed by atoms with Crippen molar-refractivity contribution in [1.29, 1.82) is 0 Å². The Morgan fingerprint density at radius 1 is 1.10 bits per heavy atom. The Kier molecular flexibility index (Phi) is 5.39. The van der Waals surface area contributed by atoms with Gasteiger partial charge in [-0.25, -0.2) is 4.39 Å². The van der Waals surface area contributed by atoms with Crippen LogP contribution >= 0.6 is 11.6 Å². The summed E-state index contributed by atoms with van der Waals surface area (Å²) in [5.41, 5.74) is 2.05. The molecule has 0 radical (unpaired) electrons. The van der Waals surface area contributed by atoms with Gasteiger partial charge in [0.05, 0.1) is 6.61 Å². The van der Waals surface area contributed by atoms with Gasteiger partial charge in [-0.3, -0.25) is 0 Å². The third-order valence-corrected chi connectivity index (χ3v) is 3.12. The summed E-state index contributed by atoms with van der Waals surface area (Å²) in [5, 5.41) is 3.99. The van der Waals surface area contributed by atoms with Crippen molar-refractivity contribution in [3.05, 3.63) is 64.4 Å².